The van der Waals surface area contributed by atoms with Gasteiger partial charge in [-0.05, 0) is 30.9 Å². The summed E-state index contributed by atoms with van der Waals surface area (Å²) in [7, 11) is 1.97. The van der Waals surface area contributed by atoms with E-state index in [9.17, 15) is 0 Å². The van der Waals surface area contributed by atoms with Crippen molar-refractivity contribution in [3.63, 3.8) is 0 Å². The van der Waals surface area contributed by atoms with Crippen LogP contribution in [-0.4, -0.2) is 39.3 Å². The standard InChI is InChI=1S/C17H26N6S/c1-14-21-22-16(23(14)2)13-20-17(18-10-7-11-24-3)19-12-15-8-5-4-6-9-15/h4-6,8-9H,7,10-13H2,1-3H3,(H2,18,19,20). The first-order valence-electron chi connectivity index (χ1n) is 8.10. The fourth-order valence-electron chi connectivity index (χ4n) is 2.12. The van der Waals surface area contributed by atoms with Crippen LogP contribution in [0.5, 0.6) is 0 Å². The number of rotatable bonds is 8. The Balaban J connectivity index is 1.94. The summed E-state index contributed by atoms with van der Waals surface area (Å²) in [4.78, 5) is 4.67. The Morgan fingerprint density at radius 3 is 2.67 bits per heavy atom. The van der Waals surface area contributed by atoms with Gasteiger partial charge < -0.3 is 15.2 Å². The minimum absolute atomic E-state index is 0.598. The van der Waals surface area contributed by atoms with Crippen LogP contribution in [0.1, 0.15) is 23.6 Å². The minimum atomic E-state index is 0.598. The average Bonchev–Trinajstić information content (AvgIpc) is 2.93. The first kappa shape index (κ1) is 18.3. The Kier molecular flexibility index (Phi) is 7.61. The largest absolute Gasteiger partial charge is 0.356 e. The van der Waals surface area contributed by atoms with Gasteiger partial charge in [0.25, 0.3) is 0 Å². The van der Waals surface area contributed by atoms with Crippen molar-refractivity contribution in [2.24, 2.45) is 12.0 Å². The molecule has 6 nitrogen and oxygen atoms in total. The zero-order valence-electron chi connectivity index (χ0n) is 14.6. The number of guanidine groups is 1. The molecule has 0 unspecified atom stereocenters. The zero-order chi connectivity index (χ0) is 17.2. The molecule has 130 valence electrons. The second kappa shape index (κ2) is 9.97. The number of thioether (sulfide) groups is 1. The molecule has 0 radical (unpaired) electrons. The van der Waals surface area contributed by atoms with Gasteiger partial charge in [-0.15, -0.1) is 10.2 Å². The van der Waals surface area contributed by atoms with Crippen molar-refractivity contribution in [3.05, 3.63) is 47.5 Å². The van der Waals surface area contributed by atoms with Crippen molar-refractivity contribution in [1.82, 2.24) is 25.4 Å². The summed E-state index contributed by atoms with van der Waals surface area (Å²) in [6.45, 7) is 4.10. The maximum absolute atomic E-state index is 4.67. The monoisotopic (exact) mass is 346 g/mol. The third kappa shape index (κ3) is 5.88. The number of aryl methyl sites for hydroxylation is 1. The van der Waals surface area contributed by atoms with Gasteiger partial charge in [0.1, 0.15) is 5.82 Å². The maximum Gasteiger partial charge on any atom is 0.191 e. The highest BCUT2D eigenvalue weighted by atomic mass is 32.2. The summed E-state index contributed by atoms with van der Waals surface area (Å²) in [6.07, 6.45) is 3.23. The molecule has 0 fully saturated rings. The molecule has 2 N–H and O–H groups in total. The van der Waals surface area contributed by atoms with Crippen molar-refractivity contribution < 1.29 is 0 Å². The van der Waals surface area contributed by atoms with E-state index < -0.39 is 0 Å². The average molecular weight is 347 g/mol. The maximum atomic E-state index is 4.67. The number of hydrogen-bond acceptors (Lipinski definition) is 4. The summed E-state index contributed by atoms with van der Waals surface area (Å²) in [5, 5.41) is 15.0. The summed E-state index contributed by atoms with van der Waals surface area (Å²) in [6, 6.07) is 10.3. The molecule has 2 aromatic rings. The minimum Gasteiger partial charge on any atom is -0.356 e. The summed E-state index contributed by atoms with van der Waals surface area (Å²) in [5.41, 5.74) is 1.19. The topological polar surface area (TPSA) is 67.1 Å². The van der Waals surface area contributed by atoms with Crippen LogP contribution >= 0.6 is 11.8 Å². The van der Waals surface area contributed by atoms with Gasteiger partial charge in [-0.3, -0.25) is 0 Å². The van der Waals surface area contributed by atoms with E-state index >= 15 is 0 Å². The predicted molar refractivity (Wildman–Crippen MR) is 101 cm³/mol. The number of hydrogen-bond donors (Lipinski definition) is 2. The summed E-state index contributed by atoms with van der Waals surface area (Å²) < 4.78 is 1.98. The van der Waals surface area contributed by atoms with E-state index in [1.807, 2.05) is 48.5 Å². The highest BCUT2D eigenvalue weighted by molar-refractivity contribution is 7.98. The summed E-state index contributed by atoms with van der Waals surface area (Å²) >= 11 is 1.86. The first-order valence-corrected chi connectivity index (χ1v) is 9.50. The number of nitrogens with zero attached hydrogens (tertiary/aromatic N) is 4. The zero-order valence-corrected chi connectivity index (χ0v) is 15.4. The lowest BCUT2D eigenvalue weighted by Crippen LogP contribution is -2.38. The molecule has 24 heavy (non-hydrogen) atoms. The van der Waals surface area contributed by atoms with Gasteiger partial charge in [-0.25, -0.2) is 4.99 Å². The fourth-order valence-corrected chi connectivity index (χ4v) is 2.55. The third-order valence-corrected chi connectivity index (χ3v) is 4.37. The lowest BCUT2D eigenvalue weighted by Gasteiger charge is -2.12. The SMILES string of the molecule is CSCCCNC(=NCc1ccccc1)NCc1nnc(C)n1C. The molecule has 0 bridgehead atoms. The van der Waals surface area contributed by atoms with Crippen LogP contribution in [0.2, 0.25) is 0 Å². The summed E-state index contributed by atoms with van der Waals surface area (Å²) in [5.74, 6) is 3.75. The molecular weight excluding hydrogens is 320 g/mol. The van der Waals surface area contributed by atoms with Crippen molar-refractivity contribution in [2.75, 3.05) is 18.6 Å². The van der Waals surface area contributed by atoms with Crippen LogP contribution in [0.15, 0.2) is 35.3 Å². The van der Waals surface area contributed by atoms with E-state index in [0.717, 1.165) is 36.3 Å². The molecule has 7 heteroatoms. The molecule has 1 heterocycles. The molecule has 0 spiro atoms. The smallest absolute Gasteiger partial charge is 0.191 e. The van der Waals surface area contributed by atoms with Crippen molar-refractivity contribution in [2.45, 2.75) is 26.4 Å². The van der Waals surface area contributed by atoms with Crippen LogP contribution in [0, 0.1) is 6.92 Å². The van der Waals surface area contributed by atoms with E-state index in [1.165, 1.54) is 5.56 Å². The van der Waals surface area contributed by atoms with Gasteiger partial charge in [0, 0.05) is 13.6 Å². The second-order valence-electron chi connectivity index (χ2n) is 5.50. The van der Waals surface area contributed by atoms with E-state index in [4.69, 9.17) is 0 Å². The highest BCUT2D eigenvalue weighted by Crippen LogP contribution is 2.01. The molecule has 2 rings (SSSR count). The van der Waals surface area contributed by atoms with Crippen LogP contribution in [0.3, 0.4) is 0 Å². The molecule has 0 aliphatic rings. The molecule has 0 aliphatic heterocycles. The van der Waals surface area contributed by atoms with Gasteiger partial charge in [-0.2, -0.15) is 11.8 Å². The van der Waals surface area contributed by atoms with E-state index in [-0.39, 0.29) is 0 Å². The Morgan fingerprint density at radius 1 is 1.21 bits per heavy atom. The molecule has 0 saturated heterocycles. The van der Waals surface area contributed by atoms with Crippen molar-refractivity contribution in [1.29, 1.82) is 0 Å². The van der Waals surface area contributed by atoms with Gasteiger partial charge in [0.15, 0.2) is 11.8 Å². The lowest BCUT2D eigenvalue weighted by molar-refractivity contribution is 0.711. The van der Waals surface area contributed by atoms with Gasteiger partial charge >= 0.3 is 0 Å². The van der Waals surface area contributed by atoms with Gasteiger partial charge in [0.05, 0.1) is 13.1 Å². The first-order chi connectivity index (χ1) is 11.7. The van der Waals surface area contributed by atoms with Gasteiger partial charge in [-0.1, -0.05) is 30.3 Å². The lowest BCUT2D eigenvalue weighted by atomic mass is 10.2. The Labute approximate surface area is 148 Å². The predicted octanol–water partition coefficient (Wildman–Crippen LogP) is 2.11. The van der Waals surface area contributed by atoms with Crippen LogP contribution < -0.4 is 10.6 Å². The number of aromatic nitrogens is 3. The van der Waals surface area contributed by atoms with Crippen LogP contribution in [-0.2, 0) is 20.1 Å². The van der Waals surface area contributed by atoms with Crippen molar-refractivity contribution >= 4 is 17.7 Å². The molecule has 0 amide bonds. The number of nitrogens with one attached hydrogen (secondary N) is 2. The normalized spacial score (nSPS) is 11.5. The van der Waals surface area contributed by atoms with Crippen LogP contribution in [0.4, 0.5) is 0 Å². The fraction of sp³-hybridized carbons (Fsp3) is 0.471. The van der Waals surface area contributed by atoms with Crippen LogP contribution in [0.25, 0.3) is 0 Å². The third-order valence-electron chi connectivity index (χ3n) is 3.68. The Bertz CT molecular complexity index is 638. The number of benzene rings is 1. The Morgan fingerprint density at radius 2 is 2.00 bits per heavy atom. The van der Waals surface area contributed by atoms with Gasteiger partial charge in [0.2, 0.25) is 0 Å². The van der Waals surface area contributed by atoms with E-state index in [0.29, 0.717) is 13.1 Å². The molecule has 1 aromatic heterocycles. The highest BCUT2D eigenvalue weighted by Gasteiger charge is 2.06. The quantitative estimate of drug-likeness (QED) is 0.435. The molecule has 0 saturated carbocycles. The Hall–Kier alpha value is -2.02. The molecule has 0 aliphatic carbocycles. The molecule has 1 aromatic carbocycles. The van der Waals surface area contributed by atoms with Crippen molar-refractivity contribution in [3.8, 4) is 0 Å². The van der Waals surface area contributed by atoms with E-state index in [2.05, 4.69) is 44.2 Å². The number of aliphatic imine (C=N–C) groups is 1. The van der Waals surface area contributed by atoms with E-state index in [1.54, 1.807) is 0 Å². The molecule has 0 atom stereocenters. The second-order valence-corrected chi connectivity index (χ2v) is 6.49. The molecular formula is C17H26N6S.